The van der Waals surface area contributed by atoms with Gasteiger partial charge in [-0.3, -0.25) is 0 Å². The van der Waals surface area contributed by atoms with Crippen LogP contribution in [0.2, 0.25) is 15.1 Å². The Labute approximate surface area is 165 Å². The van der Waals surface area contributed by atoms with Gasteiger partial charge in [-0.05, 0) is 36.4 Å². The van der Waals surface area contributed by atoms with Crippen molar-refractivity contribution in [1.82, 2.24) is 9.78 Å². The van der Waals surface area contributed by atoms with Crippen molar-refractivity contribution in [2.24, 2.45) is 4.99 Å². The van der Waals surface area contributed by atoms with Gasteiger partial charge in [-0.15, -0.1) is 4.99 Å². The van der Waals surface area contributed by atoms with Crippen LogP contribution in [0.15, 0.2) is 53.5 Å². The van der Waals surface area contributed by atoms with Gasteiger partial charge in [0.2, 0.25) is 6.19 Å². The average Bonchev–Trinajstić information content (AvgIpc) is 3.05. The molecular formula is C18H11Cl3N4O. The van der Waals surface area contributed by atoms with Crippen molar-refractivity contribution in [3.8, 4) is 23.1 Å². The second kappa shape index (κ2) is 7.79. The van der Waals surface area contributed by atoms with Crippen molar-refractivity contribution in [3.05, 3.63) is 69.3 Å². The first-order valence-electron chi connectivity index (χ1n) is 7.36. The fraction of sp³-hybridized carbons (Fsp3) is 0.0556. The van der Waals surface area contributed by atoms with E-state index < -0.39 is 0 Å². The zero-order valence-electron chi connectivity index (χ0n) is 13.4. The number of nitrogens with zero attached hydrogens (tertiary/aromatic N) is 4. The second-order valence-corrected chi connectivity index (χ2v) is 6.43. The van der Waals surface area contributed by atoms with Gasteiger partial charge >= 0.3 is 0 Å². The van der Waals surface area contributed by atoms with Crippen LogP contribution in [0, 0.1) is 11.5 Å². The van der Waals surface area contributed by atoms with Crippen molar-refractivity contribution in [2.75, 3.05) is 7.11 Å². The van der Waals surface area contributed by atoms with Crippen molar-refractivity contribution < 1.29 is 4.74 Å². The molecule has 0 aliphatic heterocycles. The molecule has 2 aromatic carbocycles. The zero-order chi connectivity index (χ0) is 18.7. The standard InChI is InChI=1S/C18H11Cl3N4O/c1-26-18(23-10-22)15-9-17(11-2-4-12(19)5-3-11)25(24-15)16-7-6-13(20)8-14(16)21/h2-9H,1H3. The van der Waals surface area contributed by atoms with E-state index in [4.69, 9.17) is 44.8 Å². The van der Waals surface area contributed by atoms with Crippen molar-refractivity contribution in [1.29, 1.82) is 5.26 Å². The SMILES string of the molecule is COC(=NC#N)c1cc(-c2ccc(Cl)cc2)n(-c2ccc(Cl)cc2Cl)n1. The van der Waals surface area contributed by atoms with Gasteiger partial charge in [0.1, 0.15) is 5.69 Å². The predicted octanol–water partition coefficient (Wildman–Crippen LogP) is 5.37. The molecule has 0 saturated carbocycles. The number of aromatic nitrogens is 2. The fourth-order valence-corrected chi connectivity index (χ4v) is 3.02. The maximum absolute atomic E-state index is 8.84. The van der Waals surface area contributed by atoms with Crippen molar-refractivity contribution >= 4 is 40.7 Å². The third kappa shape index (κ3) is 3.68. The van der Waals surface area contributed by atoms with Crippen LogP contribution in [0.1, 0.15) is 5.69 Å². The molecule has 0 aliphatic carbocycles. The maximum Gasteiger partial charge on any atom is 0.252 e. The van der Waals surface area contributed by atoms with E-state index >= 15 is 0 Å². The molecule has 0 saturated heterocycles. The van der Waals surface area contributed by atoms with E-state index in [0.717, 1.165) is 11.3 Å². The second-order valence-electron chi connectivity index (χ2n) is 5.15. The Morgan fingerprint density at radius 2 is 1.77 bits per heavy atom. The van der Waals surface area contributed by atoms with Gasteiger partial charge in [0.25, 0.3) is 5.90 Å². The normalized spacial score (nSPS) is 11.3. The fourth-order valence-electron chi connectivity index (χ4n) is 2.40. The number of hydrogen-bond acceptors (Lipinski definition) is 4. The van der Waals surface area contributed by atoms with Gasteiger partial charge < -0.3 is 4.74 Å². The summed E-state index contributed by atoms with van der Waals surface area (Å²) < 4.78 is 6.80. The molecule has 1 aromatic heterocycles. The van der Waals surface area contributed by atoms with Crippen LogP contribution in [0.4, 0.5) is 0 Å². The minimum absolute atomic E-state index is 0.103. The molecule has 0 aliphatic rings. The molecule has 26 heavy (non-hydrogen) atoms. The van der Waals surface area contributed by atoms with Gasteiger partial charge in [0, 0.05) is 15.6 Å². The molecular weight excluding hydrogens is 395 g/mol. The number of methoxy groups -OCH3 is 1. The molecule has 5 nitrogen and oxygen atoms in total. The Kier molecular flexibility index (Phi) is 5.48. The van der Waals surface area contributed by atoms with E-state index in [1.54, 1.807) is 47.3 Å². The lowest BCUT2D eigenvalue weighted by atomic mass is 10.1. The van der Waals surface area contributed by atoms with Crippen LogP contribution in [0.3, 0.4) is 0 Å². The van der Waals surface area contributed by atoms with Gasteiger partial charge in [0.15, 0.2) is 0 Å². The maximum atomic E-state index is 8.84. The third-order valence-corrected chi connectivity index (χ3v) is 4.34. The highest BCUT2D eigenvalue weighted by Crippen LogP contribution is 2.30. The van der Waals surface area contributed by atoms with Crippen LogP contribution < -0.4 is 0 Å². The molecule has 0 fully saturated rings. The topological polar surface area (TPSA) is 63.2 Å². The Balaban J connectivity index is 2.24. The number of aliphatic imine (C=N–C) groups is 1. The van der Waals surface area contributed by atoms with Crippen LogP contribution >= 0.6 is 34.8 Å². The molecule has 0 spiro atoms. The Morgan fingerprint density at radius 1 is 1.08 bits per heavy atom. The van der Waals surface area contributed by atoms with Gasteiger partial charge in [-0.25, -0.2) is 4.68 Å². The first-order valence-corrected chi connectivity index (χ1v) is 8.49. The molecule has 0 N–H and O–H groups in total. The third-order valence-electron chi connectivity index (χ3n) is 3.55. The minimum Gasteiger partial charge on any atom is -0.479 e. The summed E-state index contributed by atoms with van der Waals surface area (Å²) in [4.78, 5) is 3.65. The number of benzene rings is 2. The molecule has 3 aromatic rings. The summed E-state index contributed by atoms with van der Waals surface area (Å²) in [6, 6.07) is 14.1. The summed E-state index contributed by atoms with van der Waals surface area (Å²) in [6.45, 7) is 0. The van der Waals surface area contributed by atoms with E-state index in [1.165, 1.54) is 7.11 Å². The molecule has 0 atom stereocenters. The van der Waals surface area contributed by atoms with Crippen LogP contribution in [0.5, 0.6) is 0 Å². The van der Waals surface area contributed by atoms with Crippen LogP contribution in [0.25, 0.3) is 16.9 Å². The average molecular weight is 406 g/mol. The highest BCUT2D eigenvalue weighted by molar-refractivity contribution is 6.35. The lowest BCUT2D eigenvalue weighted by Gasteiger charge is -2.10. The van der Waals surface area contributed by atoms with Gasteiger partial charge in [-0.2, -0.15) is 10.4 Å². The van der Waals surface area contributed by atoms with Crippen molar-refractivity contribution in [2.45, 2.75) is 0 Å². The summed E-state index contributed by atoms with van der Waals surface area (Å²) >= 11 is 18.3. The molecule has 0 bridgehead atoms. The molecule has 0 amide bonds. The van der Waals surface area contributed by atoms with E-state index in [1.807, 2.05) is 12.1 Å². The summed E-state index contributed by atoms with van der Waals surface area (Å²) in [6.07, 6.45) is 1.70. The lowest BCUT2D eigenvalue weighted by Crippen LogP contribution is -2.06. The lowest BCUT2D eigenvalue weighted by molar-refractivity contribution is 0.403. The largest absolute Gasteiger partial charge is 0.479 e. The monoisotopic (exact) mass is 404 g/mol. The highest BCUT2D eigenvalue weighted by atomic mass is 35.5. The van der Waals surface area contributed by atoms with Crippen LogP contribution in [-0.2, 0) is 4.74 Å². The Bertz CT molecular complexity index is 1020. The minimum atomic E-state index is 0.103. The number of nitriles is 1. The highest BCUT2D eigenvalue weighted by Gasteiger charge is 2.18. The van der Waals surface area contributed by atoms with Crippen molar-refractivity contribution in [3.63, 3.8) is 0 Å². The van der Waals surface area contributed by atoms with Crippen LogP contribution in [-0.4, -0.2) is 22.8 Å². The molecule has 8 heteroatoms. The number of rotatable bonds is 3. The molecule has 1 heterocycles. The summed E-state index contributed by atoms with van der Waals surface area (Å²) in [5.74, 6) is 0.103. The first kappa shape index (κ1) is 18.3. The molecule has 0 unspecified atom stereocenters. The quantitative estimate of drug-likeness (QED) is 0.334. The predicted molar refractivity (Wildman–Crippen MR) is 103 cm³/mol. The Hall–Kier alpha value is -2.52. The van der Waals surface area contributed by atoms with E-state index in [2.05, 4.69) is 10.1 Å². The smallest absolute Gasteiger partial charge is 0.252 e. The number of ether oxygens (including phenoxy) is 1. The van der Waals surface area contributed by atoms with Gasteiger partial charge in [-0.1, -0.05) is 46.9 Å². The summed E-state index contributed by atoms with van der Waals surface area (Å²) in [7, 11) is 1.42. The molecule has 3 rings (SSSR count). The summed E-state index contributed by atoms with van der Waals surface area (Å²) in [5, 5.41) is 14.9. The summed E-state index contributed by atoms with van der Waals surface area (Å²) in [5.41, 5.74) is 2.60. The first-order chi connectivity index (χ1) is 12.5. The van der Waals surface area contributed by atoms with Gasteiger partial charge in [0.05, 0.1) is 23.5 Å². The number of halogens is 3. The van der Waals surface area contributed by atoms with E-state index in [9.17, 15) is 0 Å². The molecule has 0 radical (unpaired) electrons. The molecule has 130 valence electrons. The zero-order valence-corrected chi connectivity index (χ0v) is 15.7. The van der Waals surface area contributed by atoms with E-state index in [-0.39, 0.29) is 5.90 Å². The Morgan fingerprint density at radius 3 is 2.38 bits per heavy atom. The number of hydrogen-bond donors (Lipinski definition) is 0. The van der Waals surface area contributed by atoms with E-state index in [0.29, 0.717) is 26.4 Å².